The zero-order valence-electron chi connectivity index (χ0n) is 6.89. The molecule has 0 radical (unpaired) electrons. The number of carbonyl (C=O) groups excluding carboxylic acids is 1. The molecule has 0 aliphatic heterocycles. The van der Waals surface area contributed by atoms with Crippen LogP contribution in [0, 0.1) is 0 Å². The summed E-state index contributed by atoms with van der Waals surface area (Å²) in [5, 5.41) is 0.690. The van der Waals surface area contributed by atoms with Gasteiger partial charge in [-0.3, -0.25) is 4.79 Å². The summed E-state index contributed by atoms with van der Waals surface area (Å²) in [6.07, 6.45) is 1.71. The number of ketones is 1. The summed E-state index contributed by atoms with van der Waals surface area (Å²) < 4.78 is 0.867. The van der Waals surface area contributed by atoms with Gasteiger partial charge in [-0.2, -0.15) is 0 Å². The molecule has 3 heteroatoms. The second kappa shape index (κ2) is 3.43. The first-order valence-electron chi connectivity index (χ1n) is 4.16. The monoisotopic (exact) mass is 258 g/mol. The van der Waals surface area contributed by atoms with E-state index in [1.54, 1.807) is 0 Å². The zero-order chi connectivity index (χ0) is 9.42. The van der Waals surface area contributed by atoms with Crippen LogP contribution in [0.5, 0.6) is 0 Å². The molecule has 0 N–H and O–H groups in total. The maximum atomic E-state index is 11.2. The molecule has 68 valence electrons. The molecule has 13 heavy (non-hydrogen) atoms. The molecule has 0 bridgehead atoms. The van der Waals surface area contributed by atoms with Gasteiger partial charge < -0.3 is 0 Å². The van der Waals surface area contributed by atoms with E-state index < -0.39 is 0 Å². The van der Waals surface area contributed by atoms with Gasteiger partial charge in [0.2, 0.25) is 0 Å². The zero-order valence-corrected chi connectivity index (χ0v) is 9.23. The topological polar surface area (TPSA) is 17.1 Å². The van der Waals surface area contributed by atoms with Crippen LogP contribution in [-0.2, 0) is 4.79 Å². The van der Waals surface area contributed by atoms with Crippen molar-refractivity contribution in [2.24, 2.45) is 0 Å². The second-order valence-electron chi connectivity index (χ2n) is 3.23. The molecule has 0 aromatic heterocycles. The Morgan fingerprint density at radius 1 is 1.46 bits per heavy atom. The number of rotatable bonds is 1. The fourth-order valence-electron chi connectivity index (χ4n) is 1.49. The molecule has 1 saturated carbocycles. The van der Waals surface area contributed by atoms with Crippen LogP contribution in [-0.4, -0.2) is 5.78 Å². The Bertz CT molecular complexity index is 362. The number of Topliss-reactive ketones (excluding diaryl/α,β-unsaturated/α-hetero) is 1. The van der Waals surface area contributed by atoms with Crippen molar-refractivity contribution < 1.29 is 4.79 Å². The van der Waals surface area contributed by atoms with Crippen LogP contribution in [0.2, 0.25) is 5.02 Å². The van der Waals surface area contributed by atoms with Crippen molar-refractivity contribution in [2.45, 2.75) is 18.8 Å². The van der Waals surface area contributed by atoms with Gasteiger partial charge in [-0.25, -0.2) is 0 Å². The summed E-state index contributed by atoms with van der Waals surface area (Å²) in [5.74, 6) is 0.461. The lowest BCUT2D eigenvalue weighted by Gasteiger charge is -2.24. The average Bonchev–Trinajstić information content (AvgIpc) is 2.09. The summed E-state index contributed by atoms with van der Waals surface area (Å²) in [5.41, 5.74) is 1.08. The Balaban J connectivity index is 2.31. The summed E-state index contributed by atoms with van der Waals surface area (Å²) in [6.45, 7) is 0. The molecule has 0 saturated heterocycles. The highest BCUT2D eigenvalue weighted by Crippen LogP contribution is 2.35. The summed E-state index contributed by atoms with van der Waals surface area (Å²) in [6, 6.07) is 5.69. The van der Waals surface area contributed by atoms with Crippen molar-refractivity contribution in [2.75, 3.05) is 0 Å². The number of benzene rings is 1. The van der Waals surface area contributed by atoms with Crippen molar-refractivity contribution in [3.05, 3.63) is 33.3 Å². The molecule has 0 amide bonds. The van der Waals surface area contributed by atoms with Gasteiger partial charge in [0.05, 0.1) is 5.02 Å². The van der Waals surface area contributed by atoms with E-state index in [0.29, 0.717) is 10.8 Å². The van der Waals surface area contributed by atoms with Crippen LogP contribution in [0.3, 0.4) is 0 Å². The molecular weight excluding hydrogens is 251 g/mol. The number of halogens is 2. The van der Waals surface area contributed by atoms with Gasteiger partial charge in [-0.15, -0.1) is 0 Å². The van der Waals surface area contributed by atoms with Crippen molar-refractivity contribution in [3.8, 4) is 0 Å². The summed E-state index contributed by atoms with van der Waals surface area (Å²) >= 11 is 9.20. The van der Waals surface area contributed by atoms with E-state index in [-0.39, 0.29) is 5.92 Å². The predicted octanol–water partition coefficient (Wildman–Crippen LogP) is 3.55. The van der Waals surface area contributed by atoms with Crippen LogP contribution in [0.25, 0.3) is 0 Å². The van der Waals surface area contributed by atoms with E-state index >= 15 is 0 Å². The molecule has 1 atom stereocenters. The Morgan fingerprint density at radius 2 is 2.23 bits per heavy atom. The molecule has 1 fully saturated rings. The normalized spacial score (nSPS) is 21.4. The summed E-state index contributed by atoms with van der Waals surface area (Å²) in [4.78, 5) is 11.2. The van der Waals surface area contributed by atoms with Crippen molar-refractivity contribution in [3.63, 3.8) is 0 Å². The van der Waals surface area contributed by atoms with Gasteiger partial charge in [0.25, 0.3) is 0 Å². The van der Waals surface area contributed by atoms with Gasteiger partial charge >= 0.3 is 0 Å². The molecule has 1 nitrogen and oxygen atoms in total. The van der Waals surface area contributed by atoms with Gasteiger partial charge in [-0.05, 0) is 40.0 Å². The first-order valence-corrected chi connectivity index (χ1v) is 5.33. The van der Waals surface area contributed by atoms with Gasteiger partial charge in [0.1, 0.15) is 5.78 Å². The molecule has 1 aliphatic carbocycles. The van der Waals surface area contributed by atoms with E-state index in [1.165, 1.54) is 0 Å². The van der Waals surface area contributed by atoms with Crippen LogP contribution in [0.4, 0.5) is 0 Å². The number of carbonyl (C=O) groups is 1. The Hall–Kier alpha value is -0.340. The van der Waals surface area contributed by atoms with E-state index in [0.717, 1.165) is 22.9 Å². The Labute approximate surface area is 90.2 Å². The highest BCUT2D eigenvalue weighted by Gasteiger charge is 2.29. The van der Waals surface area contributed by atoms with Crippen LogP contribution in [0.15, 0.2) is 22.7 Å². The van der Waals surface area contributed by atoms with E-state index in [1.807, 2.05) is 18.2 Å². The largest absolute Gasteiger partial charge is 0.299 e. The highest BCUT2D eigenvalue weighted by atomic mass is 79.9. The first-order chi connectivity index (χ1) is 6.18. The minimum Gasteiger partial charge on any atom is -0.299 e. The number of hydrogen-bond acceptors (Lipinski definition) is 1. The third-order valence-corrected chi connectivity index (χ3v) is 3.63. The molecule has 1 aromatic carbocycles. The van der Waals surface area contributed by atoms with Crippen molar-refractivity contribution >= 4 is 33.3 Å². The maximum Gasteiger partial charge on any atom is 0.140 e. The predicted molar refractivity (Wildman–Crippen MR) is 56.1 cm³/mol. The van der Waals surface area contributed by atoms with E-state index in [4.69, 9.17) is 11.6 Å². The SMILES string of the molecule is O=C1CCC1c1ccc(Cl)c(Br)c1. The molecule has 1 aliphatic rings. The third-order valence-electron chi connectivity index (χ3n) is 2.41. The fraction of sp³-hybridized carbons (Fsp3) is 0.300. The number of hydrogen-bond donors (Lipinski definition) is 0. The lowest BCUT2D eigenvalue weighted by Crippen LogP contribution is -2.23. The van der Waals surface area contributed by atoms with Gasteiger partial charge in [-0.1, -0.05) is 17.7 Å². The van der Waals surface area contributed by atoms with Crippen molar-refractivity contribution in [1.29, 1.82) is 0 Å². The minimum absolute atomic E-state index is 0.119. The quantitative estimate of drug-likeness (QED) is 0.754. The third kappa shape index (κ3) is 1.65. The van der Waals surface area contributed by atoms with Crippen LogP contribution >= 0.6 is 27.5 Å². The molecule has 1 aromatic rings. The Kier molecular flexibility index (Phi) is 2.43. The molecule has 0 spiro atoms. The Morgan fingerprint density at radius 3 is 2.69 bits per heavy atom. The summed E-state index contributed by atoms with van der Waals surface area (Å²) in [7, 11) is 0. The van der Waals surface area contributed by atoms with Gasteiger partial charge in [0.15, 0.2) is 0 Å². The van der Waals surface area contributed by atoms with Crippen LogP contribution in [0.1, 0.15) is 24.3 Å². The lowest BCUT2D eigenvalue weighted by molar-refractivity contribution is -0.125. The first kappa shape index (κ1) is 9.22. The fourth-order valence-corrected chi connectivity index (χ4v) is 2.00. The second-order valence-corrected chi connectivity index (χ2v) is 4.49. The average molecular weight is 260 g/mol. The maximum absolute atomic E-state index is 11.2. The lowest BCUT2D eigenvalue weighted by atomic mass is 9.79. The van der Waals surface area contributed by atoms with E-state index in [9.17, 15) is 4.79 Å². The van der Waals surface area contributed by atoms with Crippen LogP contribution < -0.4 is 0 Å². The molecule has 2 rings (SSSR count). The van der Waals surface area contributed by atoms with E-state index in [2.05, 4.69) is 15.9 Å². The molecule has 1 unspecified atom stereocenters. The minimum atomic E-state index is 0.119. The molecular formula is C10H8BrClO. The standard InChI is InChI=1S/C10H8BrClO/c11-8-5-6(1-3-9(8)12)7-2-4-10(7)13/h1,3,5,7H,2,4H2. The molecule has 0 heterocycles. The van der Waals surface area contributed by atoms with Crippen molar-refractivity contribution in [1.82, 2.24) is 0 Å². The smallest absolute Gasteiger partial charge is 0.140 e. The highest BCUT2D eigenvalue weighted by molar-refractivity contribution is 9.10. The van der Waals surface area contributed by atoms with Gasteiger partial charge in [0, 0.05) is 16.8 Å².